The molecule has 0 aromatic heterocycles. The average molecular weight is 364 g/mol. The van der Waals surface area contributed by atoms with Crippen molar-refractivity contribution < 1.29 is 22.8 Å². The van der Waals surface area contributed by atoms with E-state index in [1.54, 1.807) is 24.3 Å². The van der Waals surface area contributed by atoms with Crippen molar-refractivity contribution in [3.05, 3.63) is 70.8 Å². The van der Waals surface area contributed by atoms with Crippen LogP contribution in [0.15, 0.2) is 48.5 Å². The van der Waals surface area contributed by atoms with Crippen LogP contribution in [0, 0.1) is 0 Å². The number of hydrogen-bond donors (Lipinski definition) is 1. The molecule has 2 rings (SSSR count). The van der Waals surface area contributed by atoms with E-state index in [9.17, 15) is 22.8 Å². The fraction of sp³-hybridized carbons (Fsp3) is 0.263. The Kier molecular flexibility index (Phi) is 6.02. The first kappa shape index (κ1) is 19.5. The molecule has 2 aromatic carbocycles. The molecule has 138 valence electrons. The third-order valence-corrected chi connectivity index (χ3v) is 3.82. The predicted octanol–water partition coefficient (Wildman–Crippen LogP) is 3.61. The Morgan fingerprint density at radius 1 is 1.04 bits per heavy atom. The summed E-state index contributed by atoms with van der Waals surface area (Å²) in [6, 6.07) is 11.8. The number of halogens is 3. The summed E-state index contributed by atoms with van der Waals surface area (Å²) < 4.78 is 39.2. The van der Waals surface area contributed by atoms with Crippen LogP contribution in [0.2, 0.25) is 0 Å². The quantitative estimate of drug-likeness (QED) is 0.881. The van der Waals surface area contributed by atoms with E-state index in [1.807, 2.05) is 0 Å². The molecule has 0 bridgehead atoms. The van der Waals surface area contributed by atoms with Gasteiger partial charge in [0.1, 0.15) is 0 Å². The number of nitrogens with zero attached hydrogens (tertiary/aromatic N) is 1. The lowest BCUT2D eigenvalue weighted by Gasteiger charge is -2.20. The van der Waals surface area contributed by atoms with Crippen LogP contribution in [-0.4, -0.2) is 23.8 Å². The molecule has 26 heavy (non-hydrogen) atoms. The molecule has 0 radical (unpaired) electrons. The van der Waals surface area contributed by atoms with Gasteiger partial charge in [0.05, 0.1) is 5.56 Å². The van der Waals surface area contributed by atoms with E-state index < -0.39 is 11.7 Å². The van der Waals surface area contributed by atoms with Gasteiger partial charge in [-0.05, 0) is 29.3 Å². The van der Waals surface area contributed by atoms with Crippen molar-refractivity contribution in [3.8, 4) is 0 Å². The van der Waals surface area contributed by atoms with Crippen molar-refractivity contribution in [1.82, 2.24) is 10.2 Å². The maximum atomic E-state index is 13.1. The summed E-state index contributed by atoms with van der Waals surface area (Å²) in [6.45, 7) is 1.60. The lowest BCUT2D eigenvalue weighted by Crippen LogP contribution is -2.27. The van der Waals surface area contributed by atoms with Gasteiger partial charge in [-0.15, -0.1) is 0 Å². The number of carbonyl (C=O) groups is 2. The van der Waals surface area contributed by atoms with Gasteiger partial charge < -0.3 is 10.2 Å². The normalized spacial score (nSPS) is 11.1. The van der Waals surface area contributed by atoms with Crippen LogP contribution in [0.3, 0.4) is 0 Å². The van der Waals surface area contributed by atoms with Gasteiger partial charge in [-0.25, -0.2) is 0 Å². The van der Waals surface area contributed by atoms with Gasteiger partial charge in [-0.2, -0.15) is 13.2 Å². The number of alkyl halides is 3. The second kappa shape index (κ2) is 8.03. The van der Waals surface area contributed by atoms with Crippen molar-refractivity contribution in [1.29, 1.82) is 0 Å². The van der Waals surface area contributed by atoms with Crippen molar-refractivity contribution >= 4 is 11.8 Å². The van der Waals surface area contributed by atoms with Gasteiger partial charge >= 0.3 is 6.18 Å². The Bertz CT molecular complexity index is 786. The number of amides is 2. The zero-order valence-electron chi connectivity index (χ0n) is 14.4. The minimum atomic E-state index is -4.47. The van der Waals surface area contributed by atoms with Gasteiger partial charge in [-0.3, -0.25) is 9.59 Å². The predicted molar refractivity (Wildman–Crippen MR) is 91.2 cm³/mol. The molecule has 0 atom stereocenters. The highest BCUT2D eigenvalue weighted by Crippen LogP contribution is 2.32. The highest BCUT2D eigenvalue weighted by molar-refractivity contribution is 5.94. The second-order valence-corrected chi connectivity index (χ2v) is 5.92. The molecule has 0 heterocycles. The molecule has 0 aliphatic rings. The van der Waals surface area contributed by atoms with Crippen LogP contribution in [0.1, 0.15) is 34.0 Å². The van der Waals surface area contributed by atoms with Crippen LogP contribution < -0.4 is 5.32 Å². The van der Waals surface area contributed by atoms with E-state index in [2.05, 4.69) is 5.32 Å². The molecular weight excluding hydrogens is 345 g/mol. The number of carbonyl (C=O) groups excluding carboxylic acids is 2. The summed E-state index contributed by atoms with van der Waals surface area (Å²) in [4.78, 5) is 24.6. The lowest BCUT2D eigenvalue weighted by atomic mass is 10.1. The van der Waals surface area contributed by atoms with E-state index in [1.165, 1.54) is 37.1 Å². The fourth-order valence-electron chi connectivity index (χ4n) is 2.47. The Hall–Kier alpha value is -2.83. The summed E-state index contributed by atoms with van der Waals surface area (Å²) in [5, 5.41) is 2.65. The Labute approximate surface area is 149 Å². The molecule has 2 amide bonds. The number of hydrogen-bond acceptors (Lipinski definition) is 2. The largest absolute Gasteiger partial charge is 0.416 e. The molecular formula is C19H19F3N2O2. The number of benzene rings is 2. The van der Waals surface area contributed by atoms with Crippen molar-refractivity contribution in [3.63, 3.8) is 0 Å². The third-order valence-electron chi connectivity index (χ3n) is 3.82. The first-order valence-corrected chi connectivity index (χ1v) is 7.92. The zero-order chi connectivity index (χ0) is 19.3. The molecule has 2 aromatic rings. The van der Waals surface area contributed by atoms with Crippen LogP contribution >= 0.6 is 0 Å². The standard InChI is InChI=1S/C19H19F3N2O2/c1-13(25)23-11-14-7-9-15(10-8-14)18(26)24(2)12-16-5-3-4-6-17(16)19(20,21)22/h3-10H,11-12H2,1-2H3,(H,23,25). The molecule has 4 nitrogen and oxygen atoms in total. The molecule has 7 heteroatoms. The molecule has 1 N–H and O–H groups in total. The van der Waals surface area contributed by atoms with Crippen LogP contribution in [0.4, 0.5) is 13.2 Å². The SMILES string of the molecule is CC(=O)NCc1ccc(C(=O)N(C)Cc2ccccc2C(F)(F)F)cc1. The molecule has 0 fully saturated rings. The van der Waals surface area contributed by atoms with E-state index in [4.69, 9.17) is 0 Å². The first-order valence-electron chi connectivity index (χ1n) is 7.92. The highest BCUT2D eigenvalue weighted by Gasteiger charge is 2.33. The number of nitrogens with one attached hydrogen (secondary N) is 1. The third kappa shape index (κ3) is 5.08. The monoisotopic (exact) mass is 364 g/mol. The highest BCUT2D eigenvalue weighted by atomic mass is 19.4. The summed E-state index contributed by atoms with van der Waals surface area (Å²) in [5.74, 6) is -0.540. The fourth-order valence-corrected chi connectivity index (χ4v) is 2.47. The van der Waals surface area contributed by atoms with Crippen LogP contribution in [-0.2, 0) is 24.1 Å². The first-order chi connectivity index (χ1) is 12.2. The Morgan fingerprint density at radius 2 is 1.65 bits per heavy atom. The molecule has 0 aliphatic carbocycles. The van der Waals surface area contributed by atoms with E-state index in [-0.39, 0.29) is 23.9 Å². The lowest BCUT2D eigenvalue weighted by molar-refractivity contribution is -0.138. The molecule has 0 spiro atoms. The maximum absolute atomic E-state index is 13.1. The van der Waals surface area contributed by atoms with Gasteiger partial charge in [0.2, 0.25) is 5.91 Å². The number of rotatable bonds is 5. The van der Waals surface area contributed by atoms with Crippen molar-refractivity contribution in [2.45, 2.75) is 26.2 Å². The van der Waals surface area contributed by atoms with Gasteiger partial charge in [-0.1, -0.05) is 30.3 Å². The Balaban J connectivity index is 2.10. The van der Waals surface area contributed by atoms with E-state index in [0.29, 0.717) is 12.1 Å². The van der Waals surface area contributed by atoms with E-state index in [0.717, 1.165) is 11.6 Å². The van der Waals surface area contributed by atoms with Crippen LogP contribution in [0.5, 0.6) is 0 Å². The van der Waals surface area contributed by atoms with Crippen LogP contribution in [0.25, 0.3) is 0 Å². The zero-order valence-corrected chi connectivity index (χ0v) is 14.4. The molecule has 0 aliphatic heterocycles. The molecule has 0 unspecified atom stereocenters. The van der Waals surface area contributed by atoms with E-state index >= 15 is 0 Å². The Morgan fingerprint density at radius 3 is 2.23 bits per heavy atom. The van der Waals surface area contributed by atoms with Gasteiger partial charge in [0, 0.05) is 32.6 Å². The summed E-state index contributed by atoms with van der Waals surface area (Å²) >= 11 is 0. The van der Waals surface area contributed by atoms with Gasteiger partial charge in [0.15, 0.2) is 0 Å². The summed E-state index contributed by atoms with van der Waals surface area (Å²) in [6.07, 6.45) is -4.47. The van der Waals surface area contributed by atoms with Crippen molar-refractivity contribution in [2.75, 3.05) is 7.05 Å². The molecule has 0 saturated carbocycles. The minimum Gasteiger partial charge on any atom is -0.352 e. The topological polar surface area (TPSA) is 49.4 Å². The minimum absolute atomic E-state index is 0.0399. The maximum Gasteiger partial charge on any atom is 0.416 e. The second-order valence-electron chi connectivity index (χ2n) is 5.92. The van der Waals surface area contributed by atoms with Crippen molar-refractivity contribution in [2.24, 2.45) is 0 Å². The van der Waals surface area contributed by atoms with Gasteiger partial charge in [0.25, 0.3) is 5.91 Å². The summed E-state index contributed by atoms with van der Waals surface area (Å²) in [7, 11) is 1.46. The smallest absolute Gasteiger partial charge is 0.352 e. The average Bonchev–Trinajstić information content (AvgIpc) is 2.59. The summed E-state index contributed by atoms with van der Waals surface area (Å²) in [5.41, 5.74) is 0.480. The molecule has 0 saturated heterocycles.